The number of aromatic amines is 1. The van der Waals surface area contributed by atoms with Crippen LogP contribution in [0.1, 0.15) is 33.5 Å². The average molecular weight is 254 g/mol. The van der Waals surface area contributed by atoms with Crippen LogP contribution in [0.25, 0.3) is 0 Å². The average Bonchev–Trinajstić information content (AvgIpc) is 2.77. The van der Waals surface area contributed by atoms with Crippen molar-refractivity contribution in [2.75, 3.05) is 0 Å². The molecule has 0 aliphatic rings. The molecule has 0 saturated heterocycles. The van der Waals surface area contributed by atoms with Gasteiger partial charge in [0.15, 0.2) is 5.82 Å². The number of hydrogen-bond donors (Lipinski definition) is 3. The molecule has 1 heterocycles. The van der Waals surface area contributed by atoms with Gasteiger partial charge in [-0.15, -0.1) is 10.2 Å². The highest BCUT2D eigenvalue weighted by Gasteiger charge is 2.24. The number of aromatic nitrogens is 4. The fourth-order valence-corrected chi connectivity index (χ4v) is 1.06. The van der Waals surface area contributed by atoms with E-state index in [1.54, 1.807) is 27.7 Å². The highest BCUT2D eigenvalue weighted by molar-refractivity contribution is 5.89. The fourth-order valence-electron chi connectivity index (χ4n) is 1.06. The second-order valence-corrected chi connectivity index (χ2v) is 4.99. The van der Waals surface area contributed by atoms with E-state index in [4.69, 9.17) is 0 Å². The molecule has 0 aliphatic heterocycles. The van der Waals surface area contributed by atoms with E-state index >= 15 is 0 Å². The quantitative estimate of drug-likeness (QED) is 0.662. The van der Waals surface area contributed by atoms with Gasteiger partial charge in [0.1, 0.15) is 6.04 Å². The number of H-pyrrole nitrogens is 1. The molecular formula is C10H18N6O2. The van der Waals surface area contributed by atoms with E-state index in [1.807, 2.05) is 0 Å². The van der Waals surface area contributed by atoms with E-state index in [0.29, 0.717) is 5.82 Å². The van der Waals surface area contributed by atoms with E-state index in [-0.39, 0.29) is 18.4 Å². The molecule has 0 radical (unpaired) electrons. The number of nitrogens with one attached hydrogen (secondary N) is 3. The number of tetrazole rings is 1. The molecule has 1 unspecified atom stereocenters. The molecule has 8 nitrogen and oxygen atoms in total. The first-order valence-electron chi connectivity index (χ1n) is 5.61. The second kappa shape index (κ2) is 5.56. The molecule has 1 rings (SSSR count). The first kappa shape index (κ1) is 14.1. The predicted octanol–water partition coefficient (Wildman–Crippen LogP) is -0.633. The van der Waals surface area contributed by atoms with Gasteiger partial charge in [0.05, 0.1) is 6.54 Å². The summed E-state index contributed by atoms with van der Waals surface area (Å²) in [4.78, 5) is 23.4. The molecule has 0 fully saturated rings. The van der Waals surface area contributed by atoms with Gasteiger partial charge in [-0.1, -0.05) is 26.0 Å². The van der Waals surface area contributed by atoms with E-state index in [1.165, 1.54) is 0 Å². The zero-order valence-corrected chi connectivity index (χ0v) is 10.9. The van der Waals surface area contributed by atoms with Gasteiger partial charge >= 0.3 is 0 Å². The van der Waals surface area contributed by atoms with Crippen LogP contribution in [0.2, 0.25) is 0 Å². The maximum Gasteiger partial charge on any atom is 0.242 e. The summed E-state index contributed by atoms with van der Waals surface area (Å²) in [6.45, 7) is 7.14. The van der Waals surface area contributed by atoms with Crippen molar-refractivity contribution in [1.29, 1.82) is 0 Å². The summed E-state index contributed by atoms with van der Waals surface area (Å²) >= 11 is 0. The zero-order chi connectivity index (χ0) is 13.8. The molecule has 1 aromatic rings. The number of rotatable bonds is 4. The van der Waals surface area contributed by atoms with E-state index in [9.17, 15) is 9.59 Å². The molecule has 18 heavy (non-hydrogen) atoms. The second-order valence-electron chi connectivity index (χ2n) is 4.99. The van der Waals surface area contributed by atoms with Crippen molar-refractivity contribution in [3.63, 3.8) is 0 Å². The fraction of sp³-hybridized carbons (Fsp3) is 0.700. The minimum absolute atomic E-state index is 0.172. The van der Waals surface area contributed by atoms with Crippen LogP contribution in [0.4, 0.5) is 0 Å². The highest BCUT2D eigenvalue weighted by Crippen LogP contribution is 2.12. The Morgan fingerprint density at radius 2 is 2.06 bits per heavy atom. The lowest BCUT2D eigenvalue weighted by molar-refractivity contribution is -0.133. The molecule has 0 bridgehead atoms. The van der Waals surface area contributed by atoms with E-state index in [0.717, 1.165) is 0 Å². The van der Waals surface area contributed by atoms with Gasteiger partial charge in [0, 0.05) is 5.41 Å². The standard InChI is InChI=1S/C10H18N6O2/c1-6(12-9(18)10(2,3)4)8(17)11-5-7-13-15-16-14-7/h6H,5H2,1-4H3,(H,11,17)(H,12,18)(H,13,14,15,16). The van der Waals surface area contributed by atoms with Crippen LogP contribution in [-0.4, -0.2) is 38.5 Å². The molecule has 1 aromatic heterocycles. The number of amides is 2. The molecule has 0 saturated carbocycles. The van der Waals surface area contributed by atoms with Crippen molar-refractivity contribution in [3.8, 4) is 0 Å². The Balaban J connectivity index is 2.40. The molecule has 0 aliphatic carbocycles. The third kappa shape index (κ3) is 4.11. The van der Waals surface area contributed by atoms with Gasteiger partial charge in [0.2, 0.25) is 11.8 Å². The van der Waals surface area contributed by atoms with Gasteiger partial charge < -0.3 is 10.6 Å². The summed E-state index contributed by atoms with van der Waals surface area (Å²) in [6, 6.07) is -0.608. The third-order valence-electron chi connectivity index (χ3n) is 2.23. The molecule has 1 atom stereocenters. The van der Waals surface area contributed by atoms with Gasteiger partial charge in [-0.2, -0.15) is 5.21 Å². The summed E-state index contributed by atoms with van der Waals surface area (Å²) < 4.78 is 0. The van der Waals surface area contributed by atoms with Crippen LogP contribution >= 0.6 is 0 Å². The van der Waals surface area contributed by atoms with Crippen LogP contribution in [0.3, 0.4) is 0 Å². The molecule has 100 valence electrons. The first-order chi connectivity index (χ1) is 8.30. The van der Waals surface area contributed by atoms with Crippen molar-refractivity contribution >= 4 is 11.8 Å². The Labute approximate surface area is 105 Å². The lowest BCUT2D eigenvalue weighted by Crippen LogP contribution is -2.48. The van der Waals surface area contributed by atoms with Gasteiger partial charge in [-0.25, -0.2) is 0 Å². The summed E-state index contributed by atoms with van der Waals surface area (Å²) in [5.74, 6) is -0.0835. The van der Waals surface area contributed by atoms with E-state index < -0.39 is 11.5 Å². The summed E-state index contributed by atoms with van der Waals surface area (Å²) in [7, 11) is 0. The molecule has 0 spiro atoms. The maximum atomic E-state index is 11.7. The largest absolute Gasteiger partial charge is 0.347 e. The Morgan fingerprint density at radius 1 is 1.39 bits per heavy atom. The number of hydrogen-bond acceptors (Lipinski definition) is 5. The SMILES string of the molecule is CC(NC(=O)C(C)(C)C)C(=O)NCc1nn[nH]n1. The summed E-state index contributed by atoms with van der Waals surface area (Å²) in [5.41, 5.74) is -0.526. The Hall–Kier alpha value is -1.99. The Kier molecular flexibility index (Phi) is 4.35. The molecule has 0 aromatic carbocycles. The van der Waals surface area contributed by atoms with Crippen LogP contribution in [-0.2, 0) is 16.1 Å². The third-order valence-corrected chi connectivity index (χ3v) is 2.23. The first-order valence-corrected chi connectivity index (χ1v) is 5.61. The van der Waals surface area contributed by atoms with Crippen molar-refractivity contribution in [2.45, 2.75) is 40.3 Å². The molecule has 3 N–H and O–H groups in total. The van der Waals surface area contributed by atoms with Crippen LogP contribution in [0.5, 0.6) is 0 Å². The zero-order valence-electron chi connectivity index (χ0n) is 10.9. The Bertz CT molecular complexity index is 409. The van der Waals surface area contributed by atoms with Crippen molar-refractivity contribution in [1.82, 2.24) is 31.3 Å². The van der Waals surface area contributed by atoms with Crippen LogP contribution < -0.4 is 10.6 Å². The minimum atomic E-state index is -0.608. The minimum Gasteiger partial charge on any atom is -0.347 e. The Morgan fingerprint density at radius 3 is 2.56 bits per heavy atom. The number of carbonyl (C=O) groups is 2. The highest BCUT2D eigenvalue weighted by atomic mass is 16.2. The lowest BCUT2D eigenvalue weighted by atomic mass is 9.95. The number of nitrogens with zero attached hydrogens (tertiary/aromatic N) is 3. The topological polar surface area (TPSA) is 113 Å². The predicted molar refractivity (Wildman–Crippen MR) is 63.1 cm³/mol. The molecular weight excluding hydrogens is 236 g/mol. The monoisotopic (exact) mass is 254 g/mol. The lowest BCUT2D eigenvalue weighted by Gasteiger charge is -2.21. The van der Waals surface area contributed by atoms with Gasteiger partial charge in [0.25, 0.3) is 0 Å². The van der Waals surface area contributed by atoms with Crippen LogP contribution in [0, 0.1) is 5.41 Å². The smallest absolute Gasteiger partial charge is 0.242 e. The molecule has 2 amide bonds. The van der Waals surface area contributed by atoms with Crippen molar-refractivity contribution in [2.24, 2.45) is 5.41 Å². The van der Waals surface area contributed by atoms with Gasteiger partial charge in [-0.3, -0.25) is 9.59 Å². The van der Waals surface area contributed by atoms with Crippen LogP contribution in [0.15, 0.2) is 0 Å². The normalized spacial score (nSPS) is 12.9. The molecule has 8 heteroatoms. The number of carbonyl (C=O) groups excluding carboxylic acids is 2. The van der Waals surface area contributed by atoms with Crippen molar-refractivity contribution < 1.29 is 9.59 Å². The van der Waals surface area contributed by atoms with Crippen molar-refractivity contribution in [3.05, 3.63) is 5.82 Å². The van der Waals surface area contributed by atoms with E-state index in [2.05, 4.69) is 31.3 Å². The summed E-state index contributed by atoms with van der Waals surface area (Å²) in [5, 5.41) is 18.3. The van der Waals surface area contributed by atoms with Gasteiger partial charge in [-0.05, 0) is 6.92 Å². The maximum absolute atomic E-state index is 11.7. The summed E-state index contributed by atoms with van der Waals surface area (Å²) in [6.07, 6.45) is 0.